The van der Waals surface area contributed by atoms with Crippen molar-refractivity contribution in [2.75, 3.05) is 47.5 Å². The quantitative estimate of drug-likeness (QED) is 0.0195. The Morgan fingerprint density at radius 1 is 0.308 bits per heavy atom. The first-order valence-corrected chi connectivity index (χ1v) is 44.3. The standard InChI is InChI=1S/C94H160NO8P/c1-6-8-10-12-14-16-18-20-22-24-26-28-30-32-34-36-38-40-42-44-46-47-49-51-53-55-57-59-61-63-65-67-69-71-73-75-77-79-81-83-85-87-94(97)103-92(91-102-104(98,99)101-89-88-95(3,4)5)90-100-93(96)86-84-82-80-78-76-74-72-70-68-66-64-62-60-58-56-54-52-50-48-45-43-41-39-37-35-33-31-29-27-25-23-21-19-17-15-13-11-9-7-2/h8,10,14,16,19-22,25-28,31-34,38,40,44,46,49,51,55,57,61,63,67,69,92H,6-7,9,11-13,15,17-18,23-24,29-30,35-37,39,41-43,45,47-48,50,52-54,56,58-60,62,64-66,68,70-91H2,1-5H3/b10-8-,16-14-,21-19-,22-20-,27-25-,28-26-,33-31-,34-32-,40-38-,46-44-,51-49-,57-55-,63-61-,69-67-. The van der Waals surface area contributed by atoms with Gasteiger partial charge in [-0.2, -0.15) is 0 Å². The Balaban J connectivity index is 4.01. The van der Waals surface area contributed by atoms with E-state index in [1.54, 1.807) is 0 Å². The number of hydrogen-bond donors (Lipinski definition) is 0. The molecule has 0 rings (SSSR count). The first-order chi connectivity index (χ1) is 51.0. The molecule has 0 saturated carbocycles. The fourth-order valence-corrected chi connectivity index (χ4v) is 12.5. The maximum absolute atomic E-state index is 12.9. The Kier molecular flexibility index (Phi) is 78.8. The Hall–Kier alpha value is -4.63. The summed E-state index contributed by atoms with van der Waals surface area (Å²) in [4.78, 5) is 38.2. The first-order valence-electron chi connectivity index (χ1n) is 42.8. The van der Waals surface area contributed by atoms with Crippen LogP contribution in [0.15, 0.2) is 170 Å². The Bertz CT molecular complexity index is 2370. The molecule has 10 heteroatoms. The number of hydrogen-bond acceptors (Lipinski definition) is 8. The van der Waals surface area contributed by atoms with Crippen molar-refractivity contribution < 1.29 is 42.1 Å². The highest BCUT2D eigenvalue weighted by molar-refractivity contribution is 7.45. The van der Waals surface area contributed by atoms with Gasteiger partial charge in [-0.3, -0.25) is 14.2 Å². The lowest BCUT2D eigenvalue weighted by atomic mass is 10.0. The van der Waals surface area contributed by atoms with Crippen LogP contribution in [0.4, 0.5) is 0 Å². The number of nitrogens with zero attached hydrogens (tertiary/aromatic N) is 1. The summed E-state index contributed by atoms with van der Waals surface area (Å²) in [6.07, 6.45) is 125. The molecule has 0 aromatic rings. The minimum atomic E-state index is -4.66. The van der Waals surface area contributed by atoms with E-state index < -0.39 is 26.5 Å². The van der Waals surface area contributed by atoms with E-state index in [0.717, 1.165) is 135 Å². The topological polar surface area (TPSA) is 111 Å². The molecule has 0 fully saturated rings. The van der Waals surface area contributed by atoms with Crippen molar-refractivity contribution in [3.05, 3.63) is 170 Å². The molecule has 0 bridgehead atoms. The number of quaternary nitrogens is 1. The van der Waals surface area contributed by atoms with Crippen LogP contribution in [0.5, 0.6) is 0 Å². The number of allylic oxidation sites excluding steroid dienone is 28. The molecule has 0 radical (unpaired) electrons. The van der Waals surface area contributed by atoms with Crippen LogP contribution in [-0.4, -0.2) is 70.0 Å². The van der Waals surface area contributed by atoms with E-state index in [1.807, 2.05) is 21.1 Å². The van der Waals surface area contributed by atoms with Gasteiger partial charge in [0.1, 0.15) is 19.8 Å². The maximum Gasteiger partial charge on any atom is 0.306 e. The predicted octanol–water partition coefficient (Wildman–Crippen LogP) is 28.5. The van der Waals surface area contributed by atoms with E-state index in [4.69, 9.17) is 18.5 Å². The highest BCUT2D eigenvalue weighted by Gasteiger charge is 2.22. The third-order valence-electron chi connectivity index (χ3n) is 18.2. The average Bonchev–Trinajstić information content (AvgIpc) is 0.920. The van der Waals surface area contributed by atoms with Crippen molar-refractivity contribution in [2.45, 2.75) is 367 Å². The van der Waals surface area contributed by atoms with Crippen molar-refractivity contribution in [1.82, 2.24) is 0 Å². The third-order valence-corrected chi connectivity index (χ3v) is 19.2. The van der Waals surface area contributed by atoms with E-state index in [2.05, 4.69) is 184 Å². The summed E-state index contributed by atoms with van der Waals surface area (Å²) in [5.74, 6) is -0.843. The molecule has 0 heterocycles. The van der Waals surface area contributed by atoms with Gasteiger partial charge in [-0.1, -0.05) is 383 Å². The fourth-order valence-electron chi connectivity index (χ4n) is 11.7. The molecule has 0 aliphatic heterocycles. The molecule has 0 amide bonds. The van der Waals surface area contributed by atoms with Gasteiger partial charge in [0, 0.05) is 12.8 Å². The van der Waals surface area contributed by atoms with Gasteiger partial charge in [0.2, 0.25) is 0 Å². The van der Waals surface area contributed by atoms with Crippen molar-refractivity contribution in [1.29, 1.82) is 0 Å². The predicted molar refractivity (Wildman–Crippen MR) is 452 cm³/mol. The van der Waals surface area contributed by atoms with Crippen molar-refractivity contribution in [3.63, 3.8) is 0 Å². The Morgan fingerprint density at radius 3 is 0.817 bits per heavy atom. The average molecular weight is 1460 g/mol. The summed E-state index contributed by atoms with van der Waals surface area (Å²) in [7, 11) is 1.15. The van der Waals surface area contributed by atoms with Crippen LogP contribution in [0.2, 0.25) is 0 Å². The van der Waals surface area contributed by atoms with Crippen molar-refractivity contribution in [2.24, 2.45) is 0 Å². The van der Waals surface area contributed by atoms with Crippen LogP contribution < -0.4 is 4.89 Å². The summed E-state index contributed by atoms with van der Waals surface area (Å²) in [5, 5.41) is 0. The number of rotatable bonds is 78. The van der Waals surface area contributed by atoms with Crippen LogP contribution >= 0.6 is 7.82 Å². The van der Waals surface area contributed by atoms with Gasteiger partial charge in [0.15, 0.2) is 6.10 Å². The van der Waals surface area contributed by atoms with Gasteiger partial charge in [-0.05, 0) is 135 Å². The number of esters is 2. The van der Waals surface area contributed by atoms with Gasteiger partial charge >= 0.3 is 11.9 Å². The molecule has 0 N–H and O–H groups in total. The summed E-state index contributed by atoms with van der Waals surface area (Å²) in [6, 6.07) is 0. The number of phosphoric ester groups is 1. The van der Waals surface area contributed by atoms with Crippen LogP contribution in [-0.2, 0) is 32.7 Å². The minimum Gasteiger partial charge on any atom is -0.756 e. The van der Waals surface area contributed by atoms with Crippen molar-refractivity contribution >= 4 is 19.8 Å². The molecule has 0 aromatic heterocycles. The summed E-state index contributed by atoms with van der Waals surface area (Å²) in [6.45, 7) is 4.12. The zero-order chi connectivity index (χ0) is 75.4. The second-order valence-corrected chi connectivity index (χ2v) is 30.9. The first kappa shape index (κ1) is 99.4. The summed E-state index contributed by atoms with van der Waals surface area (Å²) in [5.41, 5.74) is 0. The lowest BCUT2D eigenvalue weighted by molar-refractivity contribution is -0.870. The smallest absolute Gasteiger partial charge is 0.306 e. The van der Waals surface area contributed by atoms with Gasteiger partial charge in [0.25, 0.3) is 7.82 Å². The molecular weight excluding hydrogens is 1300 g/mol. The van der Waals surface area contributed by atoms with E-state index in [-0.39, 0.29) is 32.0 Å². The van der Waals surface area contributed by atoms with E-state index in [1.165, 1.54) is 193 Å². The fraction of sp³-hybridized carbons (Fsp3) is 0.681. The lowest BCUT2D eigenvalue weighted by Crippen LogP contribution is -2.37. The second kappa shape index (κ2) is 82.4. The second-order valence-electron chi connectivity index (χ2n) is 29.5. The Morgan fingerprint density at radius 2 is 0.548 bits per heavy atom. The number of unbranched alkanes of at least 4 members (excludes halogenated alkanes) is 36. The monoisotopic (exact) mass is 1460 g/mol. The molecule has 0 spiro atoms. The number of phosphoric acid groups is 1. The molecular formula is C94H160NO8P. The Labute approximate surface area is 642 Å². The lowest BCUT2D eigenvalue weighted by Gasteiger charge is -2.28. The van der Waals surface area contributed by atoms with E-state index >= 15 is 0 Å². The minimum absolute atomic E-state index is 0.0393. The van der Waals surface area contributed by atoms with Crippen LogP contribution in [0, 0.1) is 0 Å². The molecule has 2 unspecified atom stereocenters. The van der Waals surface area contributed by atoms with E-state index in [9.17, 15) is 19.0 Å². The molecule has 0 aromatic carbocycles. The van der Waals surface area contributed by atoms with Crippen LogP contribution in [0.25, 0.3) is 0 Å². The van der Waals surface area contributed by atoms with Gasteiger partial charge in [-0.25, -0.2) is 0 Å². The van der Waals surface area contributed by atoms with Crippen molar-refractivity contribution in [3.8, 4) is 0 Å². The normalized spacial score (nSPS) is 13.9. The molecule has 0 saturated heterocycles. The number of likely N-dealkylation sites (N-methyl/N-ethyl adjacent to an activating group) is 1. The SMILES string of the molecule is CC/C=C\C/C=C\C/C=C\C/C=C\C/C=C\C/C=C\C/C=C\C/C=C\C/C=C\C/C=C\C/C=C\CCCCCCCCCC(=O)OC(COC(=O)CCCCCCCCCCCCCCCCCCCCCCCCCC/C=C\C/C=C\C/C=C\CCCCCCC)COP(=O)([O-])OCC[N+](C)(C)C. The zero-order valence-corrected chi connectivity index (χ0v) is 68.8. The molecule has 2 atom stereocenters. The zero-order valence-electron chi connectivity index (χ0n) is 67.9. The molecule has 104 heavy (non-hydrogen) atoms. The maximum atomic E-state index is 12.9. The molecule has 594 valence electrons. The largest absolute Gasteiger partial charge is 0.756 e. The van der Waals surface area contributed by atoms with Gasteiger partial charge in [0.05, 0.1) is 27.7 Å². The van der Waals surface area contributed by atoms with Crippen LogP contribution in [0.1, 0.15) is 361 Å². The van der Waals surface area contributed by atoms with Gasteiger partial charge in [-0.15, -0.1) is 0 Å². The van der Waals surface area contributed by atoms with Gasteiger partial charge < -0.3 is 27.9 Å². The molecule has 0 aliphatic rings. The van der Waals surface area contributed by atoms with E-state index in [0.29, 0.717) is 17.4 Å². The number of carbonyl (C=O) groups excluding carboxylic acids is 2. The third kappa shape index (κ3) is 86.3. The highest BCUT2D eigenvalue weighted by Crippen LogP contribution is 2.38. The summed E-state index contributed by atoms with van der Waals surface area (Å²) < 4.78 is 34.4. The number of carbonyl (C=O) groups is 2. The number of ether oxygens (including phenoxy) is 2. The highest BCUT2D eigenvalue weighted by atomic mass is 31.2. The molecule has 9 nitrogen and oxygen atoms in total. The van der Waals surface area contributed by atoms with Crippen LogP contribution in [0.3, 0.4) is 0 Å². The summed E-state index contributed by atoms with van der Waals surface area (Å²) >= 11 is 0. The molecule has 0 aliphatic carbocycles.